The average molecular weight is 366 g/mol. The first kappa shape index (κ1) is 18.1. The molecule has 2 aromatic rings. The molecule has 26 heavy (non-hydrogen) atoms. The van der Waals surface area contributed by atoms with Gasteiger partial charge in [0.15, 0.2) is 5.11 Å². The lowest BCUT2D eigenvalue weighted by Gasteiger charge is -2.31. The number of amides is 1. The molecule has 0 saturated carbocycles. The van der Waals surface area contributed by atoms with Crippen LogP contribution >= 0.6 is 12.2 Å². The van der Waals surface area contributed by atoms with Crippen molar-refractivity contribution in [2.45, 2.75) is 33.7 Å². The van der Waals surface area contributed by atoms with Crippen LogP contribution in [-0.2, 0) is 4.79 Å². The van der Waals surface area contributed by atoms with Crippen LogP contribution in [0.5, 0.6) is 0 Å². The van der Waals surface area contributed by atoms with Crippen LogP contribution in [0.25, 0.3) is 0 Å². The predicted molar refractivity (Wildman–Crippen MR) is 110 cm³/mol. The zero-order valence-corrected chi connectivity index (χ0v) is 16.3. The zero-order valence-electron chi connectivity index (χ0n) is 15.4. The van der Waals surface area contributed by atoms with E-state index in [1.807, 2.05) is 64.1 Å². The highest BCUT2D eigenvalue weighted by Gasteiger charge is 2.30. The molecular formula is C21H23N3OS. The van der Waals surface area contributed by atoms with Crippen molar-refractivity contribution in [3.8, 4) is 0 Å². The Morgan fingerprint density at radius 3 is 2.46 bits per heavy atom. The molecule has 0 bridgehead atoms. The number of rotatable bonds is 3. The molecule has 0 aliphatic carbocycles. The van der Waals surface area contributed by atoms with Crippen molar-refractivity contribution in [1.82, 2.24) is 10.6 Å². The summed E-state index contributed by atoms with van der Waals surface area (Å²) < 4.78 is 0. The second kappa shape index (κ2) is 7.30. The first-order valence-corrected chi connectivity index (χ1v) is 9.00. The van der Waals surface area contributed by atoms with E-state index in [2.05, 4.69) is 22.0 Å². The monoisotopic (exact) mass is 365 g/mol. The maximum Gasteiger partial charge on any atom is 0.255 e. The van der Waals surface area contributed by atoms with Crippen LogP contribution in [0.3, 0.4) is 0 Å². The first-order chi connectivity index (χ1) is 12.4. The highest BCUT2D eigenvalue weighted by Crippen LogP contribution is 2.30. The molecule has 0 saturated heterocycles. The molecule has 0 unspecified atom stereocenters. The lowest BCUT2D eigenvalue weighted by molar-refractivity contribution is -0.113. The zero-order chi connectivity index (χ0) is 18.8. The Kier molecular flexibility index (Phi) is 5.09. The average Bonchev–Trinajstić information content (AvgIpc) is 2.57. The molecule has 0 radical (unpaired) electrons. The van der Waals surface area contributed by atoms with E-state index in [1.165, 1.54) is 5.56 Å². The van der Waals surface area contributed by atoms with Crippen molar-refractivity contribution in [3.05, 3.63) is 76.0 Å². The number of thiocarbonyl (C=S) groups is 1. The SMILES string of the molecule is CC1=C(C(=O)Nc2ccc(C)cc2C)[C@H](c2ccccc2C)NC(=S)N1. The summed E-state index contributed by atoms with van der Waals surface area (Å²) in [6.07, 6.45) is 0. The molecule has 3 rings (SSSR count). The first-order valence-electron chi connectivity index (χ1n) is 8.59. The normalized spacial score (nSPS) is 16.8. The number of hydrogen-bond donors (Lipinski definition) is 3. The van der Waals surface area contributed by atoms with Gasteiger partial charge in [-0.1, -0.05) is 42.0 Å². The highest BCUT2D eigenvalue weighted by atomic mass is 32.1. The van der Waals surface area contributed by atoms with Gasteiger partial charge in [0.2, 0.25) is 0 Å². The summed E-state index contributed by atoms with van der Waals surface area (Å²) in [5, 5.41) is 9.90. The molecule has 0 aromatic heterocycles. The van der Waals surface area contributed by atoms with E-state index in [1.54, 1.807) is 0 Å². The van der Waals surface area contributed by atoms with Crippen molar-refractivity contribution < 1.29 is 4.79 Å². The number of anilines is 1. The molecule has 4 nitrogen and oxygen atoms in total. The molecule has 1 aliphatic heterocycles. The highest BCUT2D eigenvalue weighted by molar-refractivity contribution is 7.80. The van der Waals surface area contributed by atoms with Crippen LogP contribution in [-0.4, -0.2) is 11.0 Å². The second-order valence-electron chi connectivity index (χ2n) is 6.70. The number of hydrogen-bond acceptors (Lipinski definition) is 2. The number of allylic oxidation sites excluding steroid dienone is 1. The standard InChI is InChI=1S/C21H23N3OS/c1-12-9-10-17(14(3)11-12)23-20(25)18-15(4)22-21(26)24-19(18)16-8-6-5-7-13(16)2/h5-11,19H,1-4H3,(H,23,25)(H2,22,24,26)/t19-/m0/s1. The third-order valence-electron chi connectivity index (χ3n) is 4.64. The Balaban J connectivity index is 1.98. The molecule has 1 amide bonds. The lowest BCUT2D eigenvalue weighted by atomic mass is 9.92. The minimum absolute atomic E-state index is 0.134. The number of aryl methyl sites for hydroxylation is 3. The van der Waals surface area contributed by atoms with Crippen LogP contribution < -0.4 is 16.0 Å². The van der Waals surface area contributed by atoms with Crippen molar-refractivity contribution in [3.63, 3.8) is 0 Å². The molecule has 1 aliphatic rings. The topological polar surface area (TPSA) is 53.2 Å². The van der Waals surface area contributed by atoms with Gasteiger partial charge in [-0.2, -0.15) is 0 Å². The fourth-order valence-corrected chi connectivity index (χ4v) is 3.55. The van der Waals surface area contributed by atoms with Crippen LogP contribution in [0.4, 0.5) is 5.69 Å². The Labute approximate surface area is 159 Å². The summed E-state index contributed by atoms with van der Waals surface area (Å²) >= 11 is 5.32. The summed E-state index contributed by atoms with van der Waals surface area (Å²) in [5.41, 5.74) is 6.59. The van der Waals surface area contributed by atoms with E-state index in [-0.39, 0.29) is 11.9 Å². The van der Waals surface area contributed by atoms with Gasteiger partial charge in [0.05, 0.1) is 11.6 Å². The number of nitrogens with one attached hydrogen (secondary N) is 3. The lowest BCUT2D eigenvalue weighted by Crippen LogP contribution is -2.46. The van der Waals surface area contributed by atoms with E-state index < -0.39 is 0 Å². The van der Waals surface area contributed by atoms with Crippen molar-refractivity contribution in [1.29, 1.82) is 0 Å². The number of carbonyl (C=O) groups is 1. The van der Waals surface area contributed by atoms with Gasteiger partial charge in [-0.05, 0) is 62.7 Å². The van der Waals surface area contributed by atoms with E-state index in [4.69, 9.17) is 12.2 Å². The molecule has 1 heterocycles. The van der Waals surface area contributed by atoms with Crippen molar-refractivity contribution >= 4 is 28.9 Å². The van der Waals surface area contributed by atoms with Crippen LogP contribution in [0, 0.1) is 20.8 Å². The third-order valence-corrected chi connectivity index (χ3v) is 4.86. The van der Waals surface area contributed by atoms with Gasteiger partial charge in [0.25, 0.3) is 5.91 Å². The summed E-state index contributed by atoms with van der Waals surface area (Å²) in [6.45, 7) is 7.96. The second-order valence-corrected chi connectivity index (χ2v) is 7.11. The summed E-state index contributed by atoms with van der Waals surface area (Å²) in [6, 6.07) is 13.7. The molecule has 2 aromatic carbocycles. The molecule has 5 heteroatoms. The Hall–Kier alpha value is -2.66. The predicted octanol–water partition coefficient (Wildman–Crippen LogP) is 4.04. The summed E-state index contributed by atoms with van der Waals surface area (Å²) in [5.74, 6) is -0.134. The largest absolute Gasteiger partial charge is 0.351 e. The molecule has 3 N–H and O–H groups in total. The van der Waals surface area contributed by atoms with E-state index in [0.717, 1.165) is 28.1 Å². The molecule has 0 spiro atoms. The molecule has 0 fully saturated rings. The van der Waals surface area contributed by atoms with Gasteiger partial charge in [0.1, 0.15) is 0 Å². The summed E-state index contributed by atoms with van der Waals surface area (Å²) in [4.78, 5) is 13.1. The van der Waals surface area contributed by atoms with Gasteiger partial charge in [-0.3, -0.25) is 4.79 Å². The maximum atomic E-state index is 13.1. The van der Waals surface area contributed by atoms with Gasteiger partial charge >= 0.3 is 0 Å². The number of benzene rings is 2. The van der Waals surface area contributed by atoms with Crippen LogP contribution in [0.2, 0.25) is 0 Å². The fourth-order valence-electron chi connectivity index (χ4n) is 3.28. The van der Waals surface area contributed by atoms with Gasteiger partial charge in [-0.15, -0.1) is 0 Å². The Morgan fingerprint density at radius 2 is 1.77 bits per heavy atom. The van der Waals surface area contributed by atoms with Gasteiger partial charge < -0.3 is 16.0 Å². The maximum absolute atomic E-state index is 13.1. The van der Waals surface area contributed by atoms with E-state index >= 15 is 0 Å². The molecular weight excluding hydrogens is 342 g/mol. The number of carbonyl (C=O) groups excluding carboxylic acids is 1. The molecule has 134 valence electrons. The molecule has 1 atom stereocenters. The fraction of sp³-hybridized carbons (Fsp3) is 0.238. The minimum atomic E-state index is -0.282. The van der Waals surface area contributed by atoms with E-state index in [0.29, 0.717) is 10.7 Å². The van der Waals surface area contributed by atoms with Crippen LogP contribution in [0.1, 0.15) is 35.2 Å². The smallest absolute Gasteiger partial charge is 0.255 e. The van der Waals surface area contributed by atoms with Crippen molar-refractivity contribution in [2.24, 2.45) is 0 Å². The van der Waals surface area contributed by atoms with Crippen LogP contribution in [0.15, 0.2) is 53.7 Å². The quantitative estimate of drug-likeness (QED) is 0.719. The van der Waals surface area contributed by atoms with E-state index in [9.17, 15) is 4.79 Å². The Bertz CT molecular complexity index is 917. The van der Waals surface area contributed by atoms with Gasteiger partial charge in [-0.25, -0.2) is 0 Å². The Morgan fingerprint density at radius 1 is 1.04 bits per heavy atom. The van der Waals surface area contributed by atoms with Crippen molar-refractivity contribution in [2.75, 3.05) is 5.32 Å². The third kappa shape index (κ3) is 3.63. The van der Waals surface area contributed by atoms with Gasteiger partial charge in [0, 0.05) is 11.4 Å². The summed E-state index contributed by atoms with van der Waals surface area (Å²) in [7, 11) is 0. The minimum Gasteiger partial charge on any atom is -0.351 e.